The molecule has 0 amide bonds. The monoisotopic (exact) mass is 579 g/mol. The lowest BCUT2D eigenvalue weighted by molar-refractivity contribution is 0.416. The predicted molar refractivity (Wildman–Crippen MR) is 156 cm³/mol. The number of piperazine rings is 1. The molecule has 1 saturated heterocycles. The molecule has 1 aliphatic rings. The van der Waals surface area contributed by atoms with Crippen LogP contribution in [0.5, 0.6) is 0 Å². The van der Waals surface area contributed by atoms with Gasteiger partial charge >= 0.3 is 0 Å². The highest BCUT2D eigenvalue weighted by Crippen LogP contribution is 2.35. The number of anilines is 2. The van der Waals surface area contributed by atoms with Crippen molar-refractivity contribution >= 4 is 44.2 Å². The topological polar surface area (TPSA) is 99.1 Å². The van der Waals surface area contributed by atoms with Crippen LogP contribution in [0.4, 0.5) is 15.8 Å². The summed E-state index contributed by atoms with van der Waals surface area (Å²) in [6, 6.07) is 14.3. The minimum atomic E-state index is -3.50. The zero-order chi connectivity index (χ0) is 27.9. The van der Waals surface area contributed by atoms with E-state index in [4.69, 9.17) is 11.8 Å². The largest absolute Gasteiger partial charge is 0.367 e. The Balaban J connectivity index is 1.33. The summed E-state index contributed by atoms with van der Waals surface area (Å²) in [4.78, 5) is 9.97. The molecule has 1 aliphatic heterocycles. The lowest BCUT2D eigenvalue weighted by atomic mass is 10.0. The third-order valence-corrected chi connectivity index (χ3v) is 7.83. The molecule has 0 spiro atoms. The molecule has 5 aromatic rings. The lowest BCUT2D eigenvalue weighted by Gasteiger charge is -2.34. The molecule has 2 aromatic carbocycles. The van der Waals surface area contributed by atoms with Crippen LogP contribution < -0.4 is 9.62 Å². The van der Waals surface area contributed by atoms with Crippen LogP contribution in [0, 0.1) is 5.82 Å². The van der Waals surface area contributed by atoms with E-state index in [1.807, 2.05) is 42.7 Å². The number of nitrogens with one attached hydrogen (secondary N) is 2. The van der Waals surface area contributed by atoms with E-state index in [-0.39, 0.29) is 5.82 Å². The molecule has 0 atom stereocenters. The van der Waals surface area contributed by atoms with Gasteiger partial charge in [0.1, 0.15) is 11.5 Å². The van der Waals surface area contributed by atoms with E-state index in [1.54, 1.807) is 27.6 Å². The van der Waals surface area contributed by atoms with Gasteiger partial charge in [-0.05, 0) is 53.2 Å². The SMILES string of the molecule is CS(=O)(=O)Nc1cc(-c2cnc3[nH]cc(-c4cnn(Cc5cccc(F)c5)c4)c3c2)ccc1N1CCN(Cl)CC1. The van der Waals surface area contributed by atoms with E-state index < -0.39 is 10.0 Å². The number of aromatic nitrogens is 4. The molecule has 0 aliphatic carbocycles. The number of nitrogens with zero attached hydrogens (tertiary/aromatic N) is 5. The normalized spacial score (nSPS) is 14.6. The van der Waals surface area contributed by atoms with Gasteiger partial charge in [0.15, 0.2) is 0 Å². The van der Waals surface area contributed by atoms with Gasteiger partial charge in [0.2, 0.25) is 10.0 Å². The predicted octanol–water partition coefficient (Wildman–Crippen LogP) is 4.93. The Bertz CT molecular complexity index is 1800. The van der Waals surface area contributed by atoms with E-state index >= 15 is 0 Å². The molecule has 0 unspecified atom stereocenters. The molecule has 4 heterocycles. The average molecular weight is 580 g/mol. The summed E-state index contributed by atoms with van der Waals surface area (Å²) in [5, 5.41) is 5.37. The van der Waals surface area contributed by atoms with Gasteiger partial charge in [-0.25, -0.2) is 22.2 Å². The van der Waals surface area contributed by atoms with Crippen LogP contribution in [0.15, 0.2) is 73.3 Å². The van der Waals surface area contributed by atoms with Crippen molar-refractivity contribution in [3.63, 3.8) is 0 Å². The average Bonchev–Trinajstić information content (AvgIpc) is 3.55. The van der Waals surface area contributed by atoms with Crippen LogP contribution in [0.3, 0.4) is 0 Å². The molecule has 12 heteroatoms. The Morgan fingerprint density at radius 2 is 1.85 bits per heavy atom. The van der Waals surface area contributed by atoms with E-state index in [0.717, 1.165) is 50.8 Å². The quantitative estimate of drug-likeness (QED) is 0.265. The van der Waals surface area contributed by atoms with Crippen molar-refractivity contribution in [3.05, 3.63) is 84.7 Å². The Hall–Kier alpha value is -3.93. The summed E-state index contributed by atoms with van der Waals surface area (Å²) >= 11 is 6.13. The number of H-pyrrole nitrogens is 1. The number of aromatic amines is 1. The molecular weight excluding hydrogens is 553 g/mol. The van der Waals surface area contributed by atoms with Crippen LogP contribution in [0.2, 0.25) is 0 Å². The molecule has 2 N–H and O–H groups in total. The maximum absolute atomic E-state index is 13.6. The summed E-state index contributed by atoms with van der Waals surface area (Å²) in [5.74, 6) is -0.277. The number of hydrogen-bond acceptors (Lipinski definition) is 6. The molecule has 1 fully saturated rings. The fraction of sp³-hybridized carbons (Fsp3) is 0.214. The van der Waals surface area contributed by atoms with E-state index in [1.165, 1.54) is 12.1 Å². The van der Waals surface area contributed by atoms with Crippen LogP contribution in [-0.2, 0) is 16.6 Å². The highest BCUT2D eigenvalue weighted by atomic mass is 35.5. The smallest absolute Gasteiger partial charge is 0.229 e. The molecule has 9 nitrogen and oxygen atoms in total. The zero-order valence-electron chi connectivity index (χ0n) is 21.7. The van der Waals surface area contributed by atoms with Gasteiger partial charge in [0.05, 0.1) is 30.4 Å². The Morgan fingerprint density at radius 1 is 1.02 bits per heavy atom. The molecule has 6 rings (SSSR count). The van der Waals surface area contributed by atoms with E-state index in [2.05, 4.69) is 24.7 Å². The van der Waals surface area contributed by atoms with Gasteiger partial charge < -0.3 is 9.88 Å². The summed E-state index contributed by atoms with van der Waals surface area (Å²) in [6.07, 6.45) is 8.50. The minimum Gasteiger partial charge on any atom is -0.367 e. The van der Waals surface area contributed by atoms with Crippen LogP contribution in [0.25, 0.3) is 33.3 Å². The van der Waals surface area contributed by atoms with Crippen molar-refractivity contribution in [2.75, 3.05) is 42.1 Å². The first-order chi connectivity index (χ1) is 19.2. The maximum atomic E-state index is 13.6. The summed E-state index contributed by atoms with van der Waals surface area (Å²) in [7, 11) is -3.50. The second-order valence-corrected chi connectivity index (χ2v) is 12.1. The number of rotatable bonds is 7. The molecule has 206 valence electrons. The van der Waals surface area contributed by atoms with Crippen molar-refractivity contribution < 1.29 is 12.8 Å². The van der Waals surface area contributed by atoms with Crippen LogP contribution in [-0.4, -0.2) is 65.0 Å². The van der Waals surface area contributed by atoms with E-state index in [9.17, 15) is 12.8 Å². The molecular formula is C28H27ClFN7O2S. The van der Waals surface area contributed by atoms with Crippen molar-refractivity contribution in [1.82, 2.24) is 24.2 Å². The van der Waals surface area contributed by atoms with Gasteiger partial charge in [-0.1, -0.05) is 18.2 Å². The maximum Gasteiger partial charge on any atom is 0.229 e. The van der Waals surface area contributed by atoms with Crippen LogP contribution >= 0.6 is 11.8 Å². The third kappa shape index (κ3) is 5.67. The van der Waals surface area contributed by atoms with Crippen LogP contribution in [0.1, 0.15) is 5.56 Å². The van der Waals surface area contributed by atoms with Gasteiger partial charge in [0, 0.05) is 66.8 Å². The second kappa shape index (κ2) is 10.6. The fourth-order valence-corrected chi connectivity index (χ4v) is 5.72. The highest BCUT2D eigenvalue weighted by molar-refractivity contribution is 7.92. The first kappa shape index (κ1) is 26.3. The highest BCUT2D eigenvalue weighted by Gasteiger charge is 2.20. The first-order valence-corrected chi connectivity index (χ1v) is 15.0. The van der Waals surface area contributed by atoms with Gasteiger partial charge in [-0.15, -0.1) is 0 Å². The number of sulfonamides is 1. The number of benzene rings is 2. The summed E-state index contributed by atoms with van der Waals surface area (Å²) in [5.41, 5.74) is 6.36. The lowest BCUT2D eigenvalue weighted by Crippen LogP contribution is -2.42. The zero-order valence-corrected chi connectivity index (χ0v) is 23.3. The molecule has 40 heavy (non-hydrogen) atoms. The third-order valence-electron chi connectivity index (χ3n) is 6.90. The van der Waals surface area contributed by atoms with Gasteiger partial charge in [0.25, 0.3) is 0 Å². The van der Waals surface area contributed by atoms with Crippen molar-refractivity contribution in [1.29, 1.82) is 0 Å². The summed E-state index contributed by atoms with van der Waals surface area (Å²) < 4.78 is 44.2. The second-order valence-electron chi connectivity index (χ2n) is 9.88. The Labute approximate surface area is 236 Å². The first-order valence-electron chi connectivity index (χ1n) is 12.7. The molecule has 3 aromatic heterocycles. The standard InChI is InChI=1S/C28H27ClFN7O2S/c1-40(38,39)34-26-13-20(5-6-27(26)35-7-9-36(29)10-8-35)21-12-24-25(16-32-28(24)31-14-21)22-15-33-37(18-22)17-19-3-2-4-23(30)11-19/h2-6,11-16,18,34H,7-10,17H2,1H3,(H,31,32). The molecule has 0 saturated carbocycles. The van der Waals surface area contributed by atoms with Crippen molar-refractivity contribution in [3.8, 4) is 22.3 Å². The van der Waals surface area contributed by atoms with Gasteiger partial charge in [-0.2, -0.15) is 5.10 Å². The van der Waals surface area contributed by atoms with Gasteiger partial charge in [-0.3, -0.25) is 9.40 Å². The Kier molecular flexibility index (Phi) is 6.95. The fourth-order valence-electron chi connectivity index (χ4n) is 5.01. The number of hydrogen-bond donors (Lipinski definition) is 2. The summed E-state index contributed by atoms with van der Waals surface area (Å²) in [6.45, 7) is 3.18. The number of halogens is 2. The van der Waals surface area contributed by atoms with Crippen molar-refractivity contribution in [2.24, 2.45) is 0 Å². The number of fused-ring (bicyclic) bond motifs is 1. The van der Waals surface area contributed by atoms with E-state index in [0.29, 0.717) is 38.4 Å². The Morgan fingerprint density at radius 3 is 2.62 bits per heavy atom. The number of pyridine rings is 1. The molecule has 0 bridgehead atoms. The van der Waals surface area contributed by atoms with Crippen molar-refractivity contribution in [2.45, 2.75) is 6.54 Å². The molecule has 0 radical (unpaired) electrons. The minimum absolute atomic E-state index is 0.277.